The van der Waals surface area contributed by atoms with E-state index in [1.165, 1.54) is 0 Å². The summed E-state index contributed by atoms with van der Waals surface area (Å²) in [5.74, 6) is -0.672. The second-order valence-electron chi connectivity index (χ2n) is 8.75. The molecule has 0 heterocycles. The molecule has 0 radical (unpaired) electrons. The summed E-state index contributed by atoms with van der Waals surface area (Å²) in [6, 6.07) is 0. The van der Waals surface area contributed by atoms with Gasteiger partial charge in [0.1, 0.15) is 17.7 Å². The first-order chi connectivity index (χ1) is 11.3. The molecule has 24 heavy (non-hydrogen) atoms. The van der Waals surface area contributed by atoms with Crippen molar-refractivity contribution in [2.45, 2.75) is 58.0 Å². The van der Waals surface area contributed by atoms with Crippen LogP contribution < -0.4 is 0 Å². The average molecular weight is 334 g/mol. The smallest absolute Gasteiger partial charge is 0.172 e. The van der Waals surface area contributed by atoms with Crippen LogP contribution in [0.1, 0.15) is 51.9 Å². The zero-order valence-corrected chi connectivity index (χ0v) is 14.2. The van der Waals surface area contributed by atoms with Crippen molar-refractivity contribution in [1.82, 2.24) is 0 Å². The van der Waals surface area contributed by atoms with Gasteiger partial charge < -0.3 is 10.2 Å². The first kappa shape index (κ1) is 16.4. The lowest BCUT2D eigenvalue weighted by Gasteiger charge is -2.58. The summed E-state index contributed by atoms with van der Waals surface area (Å²) in [4.78, 5) is 37.8. The van der Waals surface area contributed by atoms with E-state index >= 15 is 0 Å². The van der Waals surface area contributed by atoms with Crippen LogP contribution >= 0.6 is 0 Å². The normalized spacial score (nSPS) is 51.1. The lowest BCUT2D eigenvalue weighted by molar-refractivity contribution is -0.177. The van der Waals surface area contributed by atoms with Crippen LogP contribution in [0.5, 0.6) is 0 Å². The van der Waals surface area contributed by atoms with Crippen molar-refractivity contribution in [3.8, 4) is 0 Å². The Labute approximate surface area is 141 Å². The van der Waals surface area contributed by atoms with Gasteiger partial charge in [-0.05, 0) is 49.9 Å². The fourth-order valence-corrected chi connectivity index (χ4v) is 6.74. The van der Waals surface area contributed by atoms with E-state index in [1.54, 1.807) is 0 Å². The maximum atomic E-state index is 12.8. The predicted octanol–water partition coefficient (Wildman–Crippen LogP) is 1.29. The third kappa shape index (κ3) is 1.86. The van der Waals surface area contributed by atoms with Gasteiger partial charge in [0.05, 0.1) is 12.5 Å². The molecule has 0 spiro atoms. The lowest BCUT2D eigenvalue weighted by Crippen LogP contribution is -2.62. The van der Waals surface area contributed by atoms with Crippen molar-refractivity contribution in [1.29, 1.82) is 0 Å². The van der Waals surface area contributed by atoms with Gasteiger partial charge in [0, 0.05) is 23.7 Å². The highest BCUT2D eigenvalue weighted by atomic mass is 16.3. The SMILES string of the molecule is C[C@]12CC[C@H]3[C@@H](CC(=O)C4C(=O)[C@@H](O)CC[C@@]43CO)[C@@H]1CCC2=O. The Hall–Kier alpha value is -1.07. The molecule has 4 aliphatic carbocycles. The Morgan fingerprint density at radius 3 is 2.54 bits per heavy atom. The number of hydrogen-bond donors (Lipinski definition) is 2. The Morgan fingerprint density at radius 2 is 1.83 bits per heavy atom. The van der Waals surface area contributed by atoms with Gasteiger partial charge in [0.25, 0.3) is 0 Å². The second-order valence-corrected chi connectivity index (χ2v) is 8.75. The number of aliphatic hydroxyl groups excluding tert-OH is 2. The van der Waals surface area contributed by atoms with Crippen LogP contribution in [0.3, 0.4) is 0 Å². The van der Waals surface area contributed by atoms with Crippen LogP contribution in [0.25, 0.3) is 0 Å². The Kier molecular flexibility index (Phi) is 3.56. The molecule has 0 aliphatic heterocycles. The quantitative estimate of drug-likeness (QED) is 0.705. The largest absolute Gasteiger partial charge is 0.396 e. The van der Waals surface area contributed by atoms with E-state index in [1.807, 2.05) is 6.92 Å². The van der Waals surface area contributed by atoms with Crippen LogP contribution in [-0.4, -0.2) is 40.3 Å². The van der Waals surface area contributed by atoms with Crippen LogP contribution in [0.4, 0.5) is 0 Å². The third-order valence-corrected chi connectivity index (χ3v) is 8.01. The first-order valence-electron chi connectivity index (χ1n) is 9.24. The predicted molar refractivity (Wildman–Crippen MR) is 84.9 cm³/mol. The Morgan fingerprint density at radius 1 is 1.08 bits per heavy atom. The van der Waals surface area contributed by atoms with E-state index in [0.29, 0.717) is 31.5 Å². The van der Waals surface area contributed by atoms with Crippen LogP contribution in [0.15, 0.2) is 0 Å². The maximum absolute atomic E-state index is 12.8. The molecular weight excluding hydrogens is 308 g/mol. The van der Waals surface area contributed by atoms with Gasteiger partial charge in [-0.2, -0.15) is 0 Å². The van der Waals surface area contributed by atoms with Gasteiger partial charge in [-0.3, -0.25) is 14.4 Å². The number of carbonyl (C=O) groups is 3. The molecule has 5 heteroatoms. The number of fused-ring (bicyclic) bond motifs is 5. The van der Waals surface area contributed by atoms with E-state index < -0.39 is 23.2 Å². The van der Waals surface area contributed by atoms with E-state index in [9.17, 15) is 24.6 Å². The fourth-order valence-electron chi connectivity index (χ4n) is 6.74. The number of rotatable bonds is 1. The van der Waals surface area contributed by atoms with Crippen LogP contribution in [0.2, 0.25) is 0 Å². The van der Waals surface area contributed by atoms with Gasteiger partial charge in [-0.15, -0.1) is 0 Å². The minimum Gasteiger partial charge on any atom is -0.396 e. The highest BCUT2D eigenvalue weighted by Crippen LogP contribution is 2.64. The Bertz CT molecular complexity index is 613. The lowest BCUT2D eigenvalue weighted by atomic mass is 9.44. The number of Topliss-reactive ketones (excluding diaryl/α,β-unsaturated/α-hetero) is 3. The molecule has 4 saturated carbocycles. The zero-order chi connectivity index (χ0) is 17.3. The van der Waals surface area contributed by atoms with Gasteiger partial charge in [0.2, 0.25) is 0 Å². The zero-order valence-electron chi connectivity index (χ0n) is 14.2. The molecule has 2 N–H and O–H groups in total. The summed E-state index contributed by atoms with van der Waals surface area (Å²) in [6.07, 6.45) is 3.09. The molecule has 0 aromatic heterocycles. The molecule has 0 aromatic rings. The van der Waals surface area contributed by atoms with Crippen molar-refractivity contribution in [3.63, 3.8) is 0 Å². The fraction of sp³-hybridized carbons (Fsp3) is 0.842. The van der Waals surface area contributed by atoms with Gasteiger partial charge in [0.15, 0.2) is 5.78 Å². The second kappa shape index (κ2) is 5.21. The standard InChI is InChI=1S/C19H26O5/c1-18-6-4-12-10(11(18)2-3-15(18)23)8-14(22)16-17(24)13(21)5-7-19(12,16)9-20/h10-13,16,20-21H,2-9H2,1H3/t10-,11-,12-,13-,16?,18-,19-/m0/s1. The molecule has 7 atom stereocenters. The van der Waals surface area contributed by atoms with Crippen molar-refractivity contribution in [2.24, 2.45) is 34.5 Å². The molecule has 4 rings (SSSR count). The maximum Gasteiger partial charge on any atom is 0.172 e. The van der Waals surface area contributed by atoms with Crippen molar-refractivity contribution >= 4 is 17.3 Å². The molecule has 5 nitrogen and oxygen atoms in total. The van der Waals surface area contributed by atoms with E-state index in [0.717, 1.165) is 19.3 Å². The van der Waals surface area contributed by atoms with Gasteiger partial charge in [-0.1, -0.05) is 6.92 Å². The minimum absolute atomic E-state index is 0.0918. The van der Waals surface area contributed by atoms with Crippen molar-refractivity contribution in [2.75, 3.05) is 6.61 Å². The third-order valence-electron chi connectivity index (χ3n) is 8.01. The van der Waals surface area contributed by atoms with Crippen molar-refractivity contribution in [3.05, 3.63) is 0 Å². The van der Waals surface area contributed by atoms with E-state index in [2.05, 4.69) is 0 Å². The summed E-state index contributed by atoms with van der Waals surface area (Å²) in [7, 11) is 0. The minimum atomic E-state index is -1.07. The molecule has 1 unspecified atom stereocenters. The molecule has 0 aromatic carbocycles. The molecule has 4 aliphatic rings. The monoisotopic (exact) mass is 334 g/mol. The highest BCUT2D eigenvalue weighted by molar-refractivity contribution is 6.06. The Balaban J connectivity index is 1.76. The highest BCUT2D eigenvalue weighted by Gasteiger charge is 2.65. The molecule has 0 saturated heterocycles. The molecular formula is C19H26O5. The number of aliphatic hydroxyl groups is 2. The van der Waals surface area contributed by atoms with Gasteiger partial charge >= 0.3 is 0 Å². The number of ketones is 3. The van der Waals surface area contributed by atoms with Crippen molar-refractivity contribution < 1.29 is 24.6 Å². The van der Waals surface area contributed by atoms with Crippen LogP contribution in [0, 0.1) is 34.5 Å². The number of carbonyl (C=O) groups excluding carboxylic acids is 3. The summed E-state index contributed by atoms with van der Waals surface area (Å²) in [5, 5.41) is 20.2. The number of hydrogen-bond acceptors (Lipinski definition) is 5. The average Bonchev–Trinajstić information content (AvgIpc) is 2.86. The van der Waals surface area contributed by atoms with Crippen LogP contribution in [-0.2, 0) is 14.4 Å². The summed E-state index contributed by atoms with van der Waals surface area (Å²) in [6.45, 7) is 1.86. The summed E-state index contributed by atoms with van der Waals surface area (Å²) in [5.41, 5.74) is -1.05. The topological polar surface area (TPSA) is 91.7 Å². The van der Waals surface area contributed by atoms with E-state index in [4.69, 9.17) is 0 Å². The summed E-state index contributed by atoms with van der Waals surface area (Å²) < 4.78 is 0. The summed E-state index contributed by atoms with van der Waals surface area (Å²) >= 11 is 0. The first-order valence-corrected chi connectivity index (χ1v) is 9.24. The molecule has 0 amide bonds. The van der Waals surface area contributed by atoms with Gasteiger partial charge in [-0.25, -0.2) is 0 Å². The molecule has 0 bridgehead atoms. The molecule has 132 valence electrons. The molecule has 4 fully saturated rings. The van der Waals surface area contributed by atoms with E-state index in [-0.39, 0.29) is 35.6 Å².